The zero-order chi connectivity index (χ0) is 15.2. The van der Waals surface area contributed by atoms with Crippen LogP contribution in [-0.4, -0.2) is 26.3 Å². The van der Waals surface area contributed by atoms with Gasteiger partial charge < -0.3 is 4.52 Å². The molecule has 2 aromatic heterocycles. The molecule has 5 nitrogen and oxygen atoms in total. The molecule has 1 atom stereocenters. The summed E-state index contributed by atoms with van der Waals surface area (Å²) in [7, 11) is 0. The molecule has 1 saturated carbocycles. The van der Waals surface area contributed by atoms with Crippen molar-refractivity contribution in [3.05, 3.63) is 41.7 Å². The summed E-state index contributed by atoms with van der Waals surface area (Å²) in [4.78, 5) is 4.29. The number of alkyl halides is 2. The maximum absolute atomic E-state index is 13.3. The normalized spacial score (nSPS) is 20.7. The highest BCUT2D eigenvalue weighted by Crippen LogP contribution is 2.43. The van der Waals surface area contributed by atoms with E-state index in [9.17, 15) is 8.78 Å². The summed E-state index contributed by atoms with van der Waals surface area (Å²) in [5.74, 6) is -2.08. The van der Waals surface area contributed by atoms with Crippen LogP contribution < -0.4 is 0 Å². The van der Waals surface area contributed by atoms with Crippen LogP contribution in [0.4, 0.5) is 8.78 Å². The SMILES string of the molecule is FC1(F)CCC(c2nc(Cc3ccc4[nH]ncc4c3)no2)C1. The van der Waals surface area contributed by atoms with E-state index in [1.807, 2.05) is 18.2 Å². The smallest absolute Gasteiger partial charge is 0.248 e. The number of halogens is 2. The summed E-state index contributed by atoms with van der Waals surface area (Å²) in [5, 5.41) is 11.8. The third-order valence-corrected chi connectivity index (χ3v) is 4.10. The molecule has 0 radical (unpaired) electrons. The zero-order valence-corrected chi connectivity index (χ0v) is 11.7. The predicted molar refractivity (Wildman–Crippen MR) is 74.7 cm³/mol. The number of hydrogen-bond acceptors (Lipinski definition) is 4. The first-order chi connectivity index (χ1) is 10.6. The number of benzene rings is 1. The molecule has 7 heteroatoms. The van der Waals surface area contributed by atoms with Crippen LogP contribution in [0.15, 0.2) is 28.9 Å². The van der Waals surface area contributed by atoms with E-state index in [4.69, 9.17) is 4.52 Å². The average Bonchev–Trinajstić information content (AvgIpc) is 3.17. The quantitative estimate of drug-likeness (QED) is 0.805. The minimum atomic E-state index is -2.61. The fraction of sp³-hybridized carbons (Fsp3) is 0.400. The fourth-order valence-electron chi connectivity index (χ4n) is 2.95. The van der Waals surface area contributed by atoms with E-state index >= 15 is 0 Å². The number of rotatable bonds is 3. The average molecular weight is 304 g/mol. The van der Waals surface area contributed by atoms with Crippen molar-refractivity contribution in [1.82, 2.24) is 20.3 Å². The molecule has 0 saturated heterocycles. The number of hydrogen-bond donors (Lipinski definition) is 1. The highest BCUT2D eigenvalue weighted by Gasteiger charge is 2.42. The molecule has 2 heterocycles. The summed E-state index contributed by atoms with van der Waals surface area (Å²) in [6.07, 6.45) is 2.35. The number of aromatic nitrogens is 4. The third-order valence-electron chi connectivity index (χ3n) is 4.10. The van der Waals surface area contributed by atoms with E-state index < -0.39 is 5.92 Å². The van der Waals surface area contributed by atoms with Crippen molar-refractivity contribution in [3.63, 3.8) is 0 Å². The fourth-order valence-corrected chi connectivity index (χ4v) is 2.95. The van der Waals surface area contributed by atoms with Gasteiger partial charge in [0.15, 0.2) is 5.82 Å². The molecule has 0 spiro atoms. The number of nitrogens with one attached hydrogen (secondary N) is 1. The standard InChI is InChI=1S/C15H14F2N4O/c16-15(17)4-3-10(7-15)14-19-13(21-22-14)6-9-1-2-12-11(5-9)8-18-20-12/h1-2,5,8,10H,3-4,6-7H2,(H,18,20). The minimum Gasteiger partial charge on any atom is -0.339 e. The molecular formula is C15H14F2N4O. The van der Waals surface area contributed by atoms with Crippen LogP contribution in [0.2, 0.25) is 0 Å². The van der Waals surface area contributed by atoms with Gasteiger partial charge >= 0.3 is 0 Å². The maximum Gasteiger partial charge on any atom is 0.248 e. The van der Waals surface area contributed by atoms with E-state index in [0.717, 1.165) is 16.5 Å². The Balaban J connectivity index is 1.52. The lowest BCUT2D eigenvalue weighted by atomic mass is 10.1. The van der Waals surface area contributed by atoms with E-state index in [1.165, 1.54) is 0 Å². The number of fused-ring (bicyclic) bond motifs is 1. The largest absolute Gasteiger partial charge is 0.339 e. The molecule has 3 aromatic rings. The van der Waals surface area contributed by atoms with Crippen molar-refractivity contribution < 1.29 is 13.3 Å². The second kappa shape index (κ2) is 4.86. The van der Waals surface area contributed by atoms with Crippen LogP contribution in [-0.2, 0) is 6.42 Å². The Bertz CT molecular complexity index is 811. The molecule has 114 valence electrons. The molecule has 0 aliphatic heterocycles. The van der Waals surface area contributed by atoms with Gasteiger partial charge in [0.25, 0.3) is 0 Å². The molecule has 1 fully saturated rings. The Morgan fingerprint density at radius 1 is 1.36 bits per heavy atom. The van der Waals surface area contributed by atoms with E-state index in [2.05, 4.69) is 20.3 Å². The van der Waals surface area contributed by atoms with Crippen LogP contribution in [0.3, 0.4) is 0 Å². The third kappa shape index (κ3) is 2.47. The van der Waals surface area contributed by atoms with Gasteiger partial charge in [0.05, 0.1) is 11.7 Å². The van der Waals surface area contributed by atoms with Crippen molar-refractivity contribution in [3.8, 4) is 0 Å². The van der Waals surface area contributed by atoms with Crippen molar-refractivity contribution >= 4 is 10.9 Å². The van der Waals surface area contributed by atoms with Gasteiger partial charge in [0.1, 0.15) is 0 Å². The highest BCUT2D eigenvalue weighted by molar-refractivity contribution is 5.78. The molecule has 1 unspecified atom stereocenters. The first-order valence-electron chi connectivity index (χ1n) is 7.21. The van der Waals surface area contributed by atoms with Crippen LogP contribution in [0, 0.1) is 0 Å². The van der Waals surface area contributed by atoms with Gasteiger partial charge in [0.2, 0.25) is 11.8 Å². The summed E-state index contributed by atoms with van der Waals surface area (Å²) < 4.78 is 31.7. The van der Waals surface area contributed by atoms with Gasteiger partial charge in [-0.15, -0.1) is 0 Å². The number of H-pyrrole nitrogens is 1. The van der Waals surface area contributed by atoms with E-state index in [-0.39, 0.29) is 18.8 Å². The molecular weight excluding hydrogens is 290 g/mol. The number of aromatic amines is 1. The lowest BCUT2D eigenvalue weighted by molar-refractivity contribution is 0.00690. The van der Waals surface area contributed by atoms with Crippen LogP contribution in [0.1, 0.15) is 42.5 Å². The van der Waals surface area contributed by atoms with Gasteiger partial charge in [-0.1, -0.05) is 11.2 Å². The predicted octanol–water partition coefficient (Wildman–Crippen LogP) is 3.44. The first kappa shape index (κ1) is 13.4. The Labute approximate surface area is 124 Å². The van der Waals surface area contributed by atoms with E-state index in [0.29, 0.717) is 24.6 Å². The van der Waals surface area contributed by atoms with Crippen LogP contribution in [0.5, 0.6) is 0 Å². The monoisotopic (exact) mass is 304 g/mol. The Hall–Kier alpha value is -2.31. The van der Waals surface area contributed by atoms with Gasteiger partial charge in [-0.05, 0) is 24.1 Å². The van der Waals surface area contributed by atoms with E-state index in [1.54, 1.807) is 6.20 Å². The van der Waals surface area contributed by atoms with Crippen LogP contribution >= 0.6 is 0 Å². The second-order valence-electron chi connectivity index (χ2n) is 5.81. The molecule has 1 aromatic carbocycles. The van der Waals surface area contributed by atoms with Crippen molar-refractivity contribution in [2.24, 2.45) is 0 Å². The van der Waals surface area contributed by atoms with Crippen molar-refractivity contribution in [1.29, 1.82) is 0 Å². The molecule has 4 rings (SSSR count). The summed E-state index contributed by atoms with van der Waals surface area (Å²) in [6, 6.07) is 5.90. The summed E-state index contributed by atoms with van der Waals surface area (Å²) >= 11 is 0. The van der Waals surface area contributed by atoms with Crippen molar-refractivity contribution in [2.45, 2.75) is 37.5 Å². The lowest BCUT2D eigenvalue weighted by Crippen LogP contribution is -2.09. The van der Waals surface area contributed by atoms with Gasteiger partial charge in [0, 0.05) is 30.6 Å². The van der Waals surface area contributed by atoms with Gasteiger partial charge in [-0.25, -0.2) is 8.78 Å². The second-order valence-corrected chi connectivity index (χ2v) is 5.81. The van der Waals surface area contributed by atoms with Gasteiger partial charge in [-0.3, -0.25) is 5.10 Å². The van der Waals surface area contributed by atoms with Crippen LogP contribution in [0.25, 0.3) is 10.9 Å². The zero-order valence-electron chi connectivity index (χ0n) is 11.7. The lowest BCUT2D eigenvalue weighted by Gasteiger charge is -2.06. The Morgan fingerprint density at radius 3 is 3.09 bits per heavy atom. The summed E-state index contributed by atoms with van der Waals surface area (Å²) in [6.45, 7) is 0. The Kier molecular flexibility index (Phi) is 2.95. The maximum atomic E-state index is 13.3. The van der Waals surface area contributed by atoms with Crippen molar-refractivity contribution in [2.75, 3.05) is 0 Å². The van der Waals surface area contributed by atoms with Gasteiger partial charge in [-0.2, -0.15) is 10.1 Å². The minimum absolute atomic E-state index is 0.105. The first-order valence-corrected chi connectivity index (χ1v) is 7.21. The summed E-state index contributed by atoms with van der Waals surface area (Å²) in [5.41, 5.74) is 1.99. The number of nitrogens with zero attached hydrogens (tertiary/aromatic N) is 3. The molecule has 1 aliphatic rings. The molecule has 0 amide bonds. The molecule has 22 heavy (non-hydrogen) atoms. The highest BCUT2D eigenvalue weighted by atomic mass is 19.3. The Morgan fingerprint density at radius 2 is 2.27 bits per heavy atom. The molecule has 1 aliphatic carbocycles. The molecule has 1 N–H and O–H groups in total. The molecule has 0 bridgehead atoms. The topological polar surface area (TPSA) is 67.6 Å².